The molecule has 108 valence electrons. The zero-order chi connectivity index (χ0) is 14.7. The summed E-state index contributed by atoms with van der Waals surface area (Å²) in [6.07, 6.45) is 1.07. The van der Waals surface area contributed by atoms with Crippen LogP contribution in [0.2, 0.25) is 0 Å². The van der Waals surface area contributed by atoms with Crippen LogP contribution in [0.15, 0.2) is 18.2 Å². The van der Waals surface area contributed by atoms with E-state index in [9.17, 15) is 14.9 Å². The summed E-state index contributed by atoms with van der Waals surface area (Å²) in [5.41, 5.74) is 5.74. The normalized spacial score (nSPS) is 18.9. The molecule has 1 unspecified atom stereocenters. The Morgan fingerprint density at radius 2 is 2.35 bits per heavy atom. The monoisotopic (exact) mass is 278 g/mol. The number of nitrogens with one attached hydrogen (secondary N) is 1. The second kappa shape index (κ2) is 5.87. The molecule has 1 saturated heterocycles. The predicted octanol–water partition coefficient (Wildman–Crippen LogP) is 0.859. The van der Waals surface area contributed by atoms with Crippen LogP contribution in [0, 0.1) is 16.0 Å². The lowest BCUT2D eigenvalue weighted by atomic mass is 10.1. The fourth-order valence-corrected chi connectivity index (χ4v) is 2.39. The summed E-state index contributed by atoms with van der Waals surface area (Å²) >= 11 is 0. The lowest BCUT2D eigenvalue weighted by Gasteiger charge is -2.12. The van der Waals surface area contributed by atoms with Gasteiger partial charge in [0.1, 0.15) is 5.69 Å². The van der Waals surface area contributed by atoms with E-state index >= 15 is 0 Å². The van der Waals surface area contributed by atoms with Crippen molar-refractivity contribution in [1.82, 2.24) is 10.2 Å². The van der Waals surface area contributed by atoms with Crippen LogP contribution in [-0.2, 0) is 0 Å². The summed E-state index contributed by atoms with van der Waals surface area (Å²) in [5, 5.41) is 13.5. The third-order valence-corrected chi connectivity index (χ3v) is 3.53. The lowest BCUT2D eigenvalue weighted by Crippen LogP contribution is -2.30. The highest BCUT2D eigenvalue weighted by Gasteiger charge is 2.20. The molecule has 1 aromatic rings. The van der Waals surface area contributed by atoms with Crippen molar-refractivity contribution in [2.24, 2.45) is 5.92 Å². The molecular weight excluding hydrogens is 260 g/mol. The Kier molecular flexibility index (Phi) is 4.19. The summed E-state index contributed by atoms with van der Waals surface area (Å²) < 4.78 is 0. The largest absolute Gasteiger partial charge is 0.393 e. The number of rotatable bonds is 4. The molecule has 1 aromatic carbocycles. The van der Waals surface area contributed by atoms with E-state index in [4.69, 9.17) is 5.73 Å². The number of nitro benzene ring substituents is 1. The Labute approximate surface area is 116 Å². The number of hydrogen-bond donors (Lipinski definition) is 2. The summed E-state index contributed by atoms with van der Waals surface area (Å²) in [5.74, 6) is 0.209. The highest BCUT2D eigenvalue weighted by atomic mass is 16.6. The van der Waals surface area contributed by atoms with Gasteiger partial charge in [0.25, 0.3) is 11.6 Å². The van der Waals surface area contributed by atoms with Crippen LogP contribution in [0.3, 0.4) is 0 Å². The summed E-state index contributed by atoms with van der Waals surface area (Å²) in [6.45, 7) is 2.63. The molecule has 0 aromatic heterocycles. The number of benzene rings is 1. The third-order valence-electron chi connectivity index (χ3n) is 3.53. The first-order valence-corrected chi connectivity index (χ1v) is 6.48. The Bertz CT molecular complexity index is 532. The maximum atomic E-state index is 12.0. The van der Waals surface area contributed by atoms with Crippen molar-refractivity contribution in [3.63, 3.8) is 0 Å². The minimum atomic E-state index is -0.564. The van der Waals surface area contributed by atoms with Crippen molar-refractivity contribution >= 4 is 17.3 Å². The first kappa shape index (κ1) is 14.3. The van der Waals surface area contributed by atoms with E-state index < -0.39 is 4.92 Å². The molecule has 1 aliphatic rings. The van der Waals surface area contributed by atoms with Gasteiger partial charge in [-0.3, -0.25) is 14.9 Å². The van der Waals surface area contributed by atoms with Crippen molar-refractivity contribution in [1.29, 1.82) is 0 Å². The van der Waals surface area contributed by atoms with Crippen LogP contribution in [0.1, 0.15) is 16.8 Å². The number of amides is 1. The quantitative estimate of drug-likeness (QED) is 0.483. The number of nitrogens with two attached hydrogens (primary N) is 1. The van der Waals surface area contributed by atoms with E-state index in [1.807, 2.05) is 0 Å². The fourth-order valence-electron chi connectivity index (χ4n) is 2.39. The van der Waals surface area contributed by atoms with Gasteiger partial charge in [-0.2, -0.15) is 0 Å². The number of likely N-dealkylation sites (tertiary alicyclic amines) is 1. The summed E-state index contributed by atoms with van der Waals surface area (Å²) in [6, 6.07) is 4.02. The molecule has 1 atom stereocenters. The van der Waals surface area contributed by atoms with E-state index in [-0.39, 0.29) is 17.3 Å². The van der Waals surface area contributed by atoms with Crippen LogP contribution in [0.5, 0.6) is 0 Å². The van der Waals surface area contributed by atoms with E-state index in [1.54, 1.807) is 0 Å². The summed E-state index contributed by atoms with van der Waals surface area (Å²) in [7, 11) is 2.05. The van der Waals surface area contributed by atoms with Gasteiger partial charge in [-0.05, 0) is 38.1 Å². The number of nitrogens with zero attached hydrogens (tertiary/aromatic N) is 2. The standard InChI is InChI=1S/C13H18N4O3/c1-16-5-4-9(8-16)7-15-13(18)10-2-3-12(17(19)20)11(14)6-10/h2-3,6,9H,4-5,7-8,14H2,1H3,(H,15,18). The first-order valence-electron chi connectivity index (χ1n) is 6.48. The van der Waals surface area contributed by atoms with Gasteiger partial charge in [0.05, 0.1) is 4.92 Å². The van der Waals surface area contributed by atoms with Crippen molar-refractivity contribution in [3.05, 3.63) is 33.9 Å². The molecule has 1 fully saturated rings. The number of carbonyl (C=O) groups is 1. The van der Waals surface area contributed by atoms with E-state index in [0.717, 1.165) is 19.5 Å². The van der Waals surface area contributed by atoms with Crippen molar-refractivity contribution in [2.75, 3.05) is 32.4 Å². The molecule has 2 rings (SSSR count). The van der Waals surface area contributed by atoms with Gasteiger partial charge in [0, 0.05) is 24.7 Å². The van der Waals surface area contributed by atoms with Gasteiger partial charge in [-0.15, -0.1) is 0 Å². The topological polar surface area (TPSA) is 102 Å². The Morgan fingerprint density at radius 1 is 1.60 bits per heavy atom. The number of hydrogen-bond acceptors (Lipinski definition) is 5. The molecule has 1 aliphatic heterocycles. The van der Waals surface area contributed by atoms with Crippen LogP contribution in [0.4, 0.5) is 11.4 Å². The van der Waals surface area contributed by atoms with Crippen molar-refractivity contribution in [3.8, 4) is 0 Å². The first-order chi connectivity index (χ1) is 9.47. The van der Waals surface area contributed by atoms with Crippen molar-refractivity contribution in [2.45, 2.75) is 6.42 Å². The van der Waals surface area contributed by atoms with Crippen LogP contribution in [0.25, 0.3) is 0 Å². The average molecular weight is 278 g/mol. The molecule has 7 heteroatoms. The maximum absolute atomic E-state index is 12.0. The Morgan fingerprint density at radius 3 is 2.90 bits per heavy atom. The van der Waals surface area contributed by atoms with E-state index in [2.05, 4.69) is 17.3 Å². The highest BCUT2D eigenvalue weighted by Crippen LogP contribution is 2.22. The maximum Gasteiger partial charge on any atom is 0.292 e. The minimum absolute atomic E-state index is 0.00301. The van der Waals surface area contributed by atoms with Crippen LogP contribution >= 0.6 is 0 Å². The van der Waals surface area contributed by atoms with Crippen LogP contribution in [-0.4, -0.2) is 42.4 Å². The van der Waals surface area contributed by atoms with Gasteiger partial charge >= 0.3 is 0 Å². The predicted molar refractivity (Wildman–Crippen MR) is 75.4 cm³/mol. The van der Waals surface area contributed by atoms with Gasteiger partial charge in [-0.25, -0.2) is 0 Å². The highest BCUT2D eigenvalue weighted by molar-refractivity contribution is 5.95. The molecule has 0 aliphatic carbocycles. The number of carbonyl (C=O) groups excluding carboxylic acids is 1. The van der Waals surface area contributed by atoms with Crippen molar-refractivity contribution < 1.29 is 9.72 Å². The van der Waals surface area contributed by atoms with Gasteiger partial charge in [-0.1, -0.05) is 0 Å². The Balaban J connectivity index is 1.95. The fraction of sp³-hybridized carbons (Fsp3) is 0.462. The molecule has 0 spiro atoms. The average Bonchev–Trinajstić information content (AvgIpc) is 2.81. The smallest absolute Gasteiger partial charge is 0.292 e. The second-order valence-corrected chi connectivity index (χ2v) is 5.16. The Hall–Kier alpha value is -2.15. The molecule has 20 heavy (non-hydrogen) atoms. The van der Waals surface area contributed by atoms with Crippen LogP contribution < -0.4 is 11.1 Å². The molecule has 7 nitrogen and oxygen atoms in total. The molecular formula is C13H18N4O3. The van der Waals surface area contributed by atoms with E-state index in [1.165, 1.54) is 18.2 Å². The minimum Gasteiger partial charge on any atom is -0.393 e. The lowest BCUT2D eigenvalue weighted by molar-refractivity contribution is -0.383. The third kappa shape index (κ3) is 3.24. The van der Waals surface area contributed by atoms with E-state index in [0.29, 0.717) is 18.0 Å². The van der Waals surface area contributed by atoms with Gasteiger partial charge in [0.2, 0.25) is 0 Å². The number of anilines is 1. The molecule has 1 amide bonds. The second-order valence-electron chi connectivity index (χ2n) is 5.16. The molecule has 1 heterocycles. The van der Waals surface area contributed by atoms with Gasteiger partial charge in [0.15, 0.2) is 0 Å². The molecule has 0 bridgehead atoms. The summed E-state index contributed by atoms with van der Waals surface area (Å²) in [4.78, 5) is 24.3. The molecule has 0 radical (unpaired) electrons. The zero-order valence-electron chi connectivity index (χ0n) is 11.3. The number of nitro groups is 1. The molecule has 0 saturated carbocycles. The SMILES string of the molecule is CN1CCC(CNC(=O)c2ccc([N+](=O)[O-])c(N)c2)C1. The van der Waals surface area contributed by atoms with Gasteiger partial charge < -0.3 is 16.0 Å². The zero-order valence-corrected chi connectivity index (χ0v) is 11.3. The molecule has 3 N–H and O–H groups in total. The number of nitrogen functional groups attached to an aromatic ring is 1.